The summed E-state index contributed by atoms with van der Waals surface area (Å²) in [7, 11) is -5.61. The lowest BCUT2D eigenvalue weighted by Gasteiger charge is -2.31. The number of hydrogen-bond acceptors (Lipinski definition) is 8. The van der Waals surface area contributed by atoms with Crippen LogP contribution in [0.25, 0.3) is 0 Å². The van der Waals surface area contributed by atoms with Gasteiger partial charge in [-0.25, -0.2) is 0 Å². The number of ether oxygens (including phenoxy) is 3. The molecule has 5 aliphatic rings. The summed E-state index contributed by atoms with van der Waals surface area (Å²) in [5, 5.41) is -4.43. The van der Waals surface area contributed by atoms with Crippen LogP contribution in [0, 0.1) is 41.4 Å². The Hall–Kier alpha value is -1.82. The van der Waals surface area contributed by atoms with Crippen molar-refractivity contribution in [3.63, 3.8) is 0 Å². The van der Waals surface area contributed by atoms with Gasteiger partial charge in [0.25, 0.3) is 0 Å². The van der Waals surface area contributed by atoms with Crippen molar-refractivity contribution in [2.45, 2.75) is 56.0 Å². The second-order valence-corrected chi connectivity index (χ2v) is 11.3. The van der Waals surface area contributed by atoms with Gasteiger partial charge in [-0.1, -0.05) is 0 Å². The van der Waals surface area contributed by atoms with Crippen molar-refractivity contribution in [2.24, 2.45) is 41.4 Å². The van der Waals surface area contributed by atoms with Gasteiger partial charge in [-0.3, -0.25) is 18.9 Å². The summed E-state index contributed by atoms with van der Waals surface area (Å²) < 4.78 is 72.8. The van der Waals surface area contributed by atoms with Crippen LogP contribution in [0.3, 0.4) is 0 Å². The molecular weight excluding hydrogens is 454 g/mol. The van der Waals surface area contributed by atoms with E-state index < -0.39 is 64.4 Å². The lowest BCUT2D eigenvalue weighted by atomic mass is 9.79. The van der Waals surface area contributed by atoms with Crippen LogP contribution in [-0.2, 0) is 38.7 Å². The molecule has 4 aliphatic carbocycles. The maximum atomic E-state index is 13.4. The largest absolute Gasteiger partial charge is 0.465 e. The number of alkyl halides is 2. The molecule has 4 bridgehead atoms. The quantitative estimate of drug-likeness (QED) is 0.329. The van der Waals surface area contributed by atoms with Crippen LogP contribution in [0.15, 0.2) is 0 Å². The maximum Gasteiger partial charge on any atom is 0.373 e. The molecule has 12 heteroatoms. The van der Waals surface area contributed by atoms with E-state index in [1.807, 2.05) is 0 Å². The Morgan fingerprint density at radius 1 is 1.06 bits per heavy atom. The molecule has 0 amide bonds. The average molecular weight is 478 g/mol. The number of halogens is 2. The van der Waals surface area contributed by atoms with Gasteiger partial charge in [0, 0.05) is 11.8 Å². The third-order valence-electron chi connectivity index (χ3n) is 8.14. The van der Waals surface area contributed by atoms with Crippen molar-refractivity contribution < 1.29 is 50.3 Å². The van der Waals surface area contributed by atoms with E-state index in [9.17, 15) is 31.6 Å². The van der Waals surface area contributed by atoms with E-state index in [1.54, 1.807) is 0 Å². The molecule has 32 heavy (non-hydrogen) atoms. The van der Waals surface area contributed by atoms with Crippen molar-refractivity contribution >= 4 is 28.0 Å². The summed E-state index contributed by atoms with van der Waals surface area (Å²) >= 11 is 0. The minimum atomic E-state index is -5.61. The van der Waals surface area contributed by atoms with E-state index in [-0.39, 0.29) is 35.6 Å². The zero-order valence-electron chi connectivity index (χ0n) is 17.0. The predicted molar refractivity (Wildman–Crippen MR) is 99.3 cm³/mol. The van der Waals surface area contributed by atoms with Crippen molar-refractivity contribution in [1.82, 2.24) is 0 Å². The summed E-state index contributed by atoms with van der Waals surface area (Å²) in [6.07, 6.45) is 1.11. The third kappa shape index (κ3) is 3.32. The topological polar surface area (TPSA) is 133 Å². The average Bonchev–Trinajstić information content (AvgIpc) is 3.48. The highest BCUT2D eigenvalue weighted by Crippen LogP contribution is 2.57. The Bertz CT molecular complexity index is 951. The van der Waals surface area contributed by atoms with Crippen molar-refractivity contribution in [1.29, 1.82) is 0 Å². The summed E-state index contributed by atoms with van der Waals surface area (Å²) in [4.78, 5) is 37.7. The summed E-state index contributed by atoms with van der Waals surface area (Å²) in [6.45, 7) is -0.910. The van der Waals surface area contributed by atoms with Gasteiger partial charge in [-0.2, -0.15) is 17.2 Å². The molecular formula is C20H24F2O9S. The molecule has 9 nitrogen and oxygen atoms in total. The highest BCUT2D eigenvalue weighted by atomic mass is 32.2. The second-order valence-electron chi connectivity index (χ2n) is 9.72. The molecule has 1 heterocycles. The lowest BCUT2D eigenvalue weighted by Crippen LogP contribution is -2.42. The van der Waals surface area contributed by atoms with Gasteiger partial charge in [0.15, 0.2) is 0 Å². The fourth-order valence-corrected chi connectivity index (χ4v) is 7.08. The fourth-order valence-electron chi connectivity index (χ4n) is 6.74. The first-order valence-electron chi connectivity index (χ1n) is 10.9. The molecule has 178 valence electrons. The summed E-state index contributed by atoms with van der Waals surface area (Å²) in [5.41, 5.74) is 0. The van der Waals surface area contributed by atoms with E-state index in [0.29, 0.717) is 19.3 Å². The minimum Gasteiger partial charge on any atom is -0.465 e. The predicted octanol–water partition coefficient (Wildman–Crippen LogP) is 1.56. The number of esters is 3. The van der Waals surface area contributed by atoms with Gasteiger partial charge < -0.3 is 14.2 Å². The molecule has 1 saturated heterocycles. The highest BCUT2D eigenvalue weighted by molar-refractivity contribution is 7.86. The zero-order valence-corrected chi connectivity index (χ0v) is 17.8. The van der Waals surface area contributed by atoms with Gasteiger partial charge >= 0.3 is 33.3 Å². The number of fused-ring (bicyclic) bond motifs is 3. The van der Waals surface area contributed by atoms with E-state index in [0.717, 1.165) is 12.8 Å². The Morgan fingerprint density at radius 3 is 2.38 bits per heavy atom. The van der Waals surface area contributed by atoms with Gasteiger partial charge in [0.05, 0.1) is 30.8 Å². The second kappa shape index (κ2) is 7.34. The van der Waals surface area contributed by atoms with Gasteiger partial charge in [-0.15, -0.1) is 0 Å². The van der Waals surface area contributed by atoms with E-state index in [4.69, 9.17) is 18.8 Å². The monoisotopic (exact) mass is 478 g/mol. The first kappa shape index (κ1) is 22.0. The number of carbonyl (C=O) groups excluding carboxylic acids is 3. The van der Waals surface area contributed by atoms with Gasteiger partial charge in [-0.05, 0) is 43.9 Å². The minimum absolute atomic E-state index is 0.0528. The van der Waals surface area contributed by atoms with Crippen LogP contribution in [0.5, 0.6) is 0 Å². The third-order valence-corrected chi connectivity index (χ3v) is 9.10. The van der Waals surface area contributed by atoms with Crippen LogP contribution in [-0.4, -0.2) is 54.9 Å². The molecule has 9 atom stereocenters. The van der Waals surface area contributed by atoms with Crippen LogP contribution in [0.1, 0.15) is 38.5 Å². The Labute approximate surface area is 182 Å². The highest BCUT2D eigenvalue weighted by Gasteiger charge is 2.64. The molecule has 1 N–H and O–H groups in total. The maximum absolute atomic E-state index is 13.4. The zero-order chi connectivity index (χ0) is 23.0. The smallest absolute Gasteiger partial charge is 0.373 e. The van der Waals surface area contributed by atoms with Gasteiger partial charge in [0.1, 0.15) is 12.2 Å². The van der Waals surface area contributed by atoms with Crippen molar-refractivity contribution in [2.75, 3.05) is 6.61 Å². The molecule has 0 aromatic heterocycles. The van der Waals surface area contributed by atoms with Gasteiger partial charge in [0.2, 0.25) is 0 Å². The van der Waals surface area contributed by atoms with Crippen LogP contribution >= 0.6 is 0 Å². The Balaban J connectivity index is 1.23. The van der Waals surface area contributed by atoms with Crippen LogP contribution in [0.2, 0.25) is 0 Å². The standard InChI is InChI=1S/C20H24F2O9S/c21-20(22,32(26,27)28)3-4-29-18(24)13-8-1-2-9(5-8)14(13)19(25)30-15-10-6-11-12(7-10)17(23)31-16(11)15/h8-16H,1-7H2,(H,26,27,28). The number of carbonyl (C=O) groups is 3. The van der Waals surface area contributed by atoms with E-state index in [1.165, 1.54) is 0 Å². The molecule has 4 saturated carbocycles. The number of rotatable bonds is 7. The van der Waals surface area contributed by atoms with E-state index >= 15 is 0 Å². The number of hydrogen-bond donors (Lipinski definition) is 1. The first-order chi connectivity index (χ1) is 15.0. The molecule has 0 radical (unpaired) electrons. The van der Waals surface area contributed by atoms with Crippen molar-refractivity contribution in [3.05, 3.63) is 0 Å². The Morgan fingerprint density at radius 2 is 1.72 bits per heavy atom. The molecule has 0 aromatic rings. The molecule has 0 aromatic carbocycles. The van der Waals surface area contributed by atoms with E-state index in [2.05, 4.69) is 0 Å². The summed E-state index contributed by atoms with van der Waals surface area (Å²) in [5.74, 6) is -3.48. The lowest BCUT2D eigenvalue weighted by molar-refractivity contribution is -0.174. The summed E-state index contributed by atoms with van der Waals surface area (Å²) in [6, 6.07) is 0. The van der Waals surface area contributed by atoms with Crippen LogP contribution < -0.4 is 0 Å². The molecule has 9 unspecified atom stereocenters. The molecule has 5 rings (SSSR count). The van der Waals surface area contributed by atoms with Crippen molar-refractivity contribution in [3.8, 4) is 0 Å². The SMILES string of the molecule is O=C1OC2C3CC(CC13)C2OC(=O)C1C2CCC(C2)C1C(=O)OCCC(F)(F)S(=O)(=O)O. The van der Waals surface area contributed by atoms with Crippen LogP contribution in [0.4, 0.5) is 8.78 Å². The molecule has 5 fully saturated rings. The Kier molecular flexibility index (Phi) is 5.05. The molecule has 0 spiro atoms. The fraction of sp³-hybridized carbons (Fsp3) is 0.850. The first-order valence-corrected chi connectivity index (χ1v) is 12.3. The molecule has 1 aliphatic heterocycles. The normalized spacial score (nSPS) is 41.7.